The summed E-state index contributed by atoms with van der Waals surface area (Å²) in [6.45, 7) is 8.43. The van der Waals surface area contributed by atoms with Crippen LogP contribution in [0.15, 0.2) is 12.7 Å². The van der Waals surface area contributed by atoms with Crippen molar-refractivity contribution < 1.29 is 4.92 Å². The minimum atomic E-state index is -0.635. The van der Waals surface area contributed by atoms with Gasteiger partial charge in [0, 0.05) is 37.7 Å². The summed E-state index contributed by atoms with van der Waals surface area (Å²) in [6.07, 6.45) is 1.75. The highest BCUT2D eigenvalue weighted by molar-refractivity contribution is 7.99. The van der Waals surface area contributed by atoms with E-state index in [-0.39, 0.29) is 16.3 Å². The van der Waals surface area contributed by atoms with Crippen molar-refractivity contribution in [3.8, 4) is 0 Å². The van der Waals surface area contributed by atoms with Gasteiger partial charge in [-0.1, -0.05) is 18.3 Å². The second-order valence-electron chi connectivity index (χ2n) is 5.91. The summed E-state index contributed by atoms with van der Waals surface area (Å²) in [5.74, 6) is 2.25. The van der Waals surface area contributed by atoms with Crippen LogP contribution >= 0.6 is 24.0 Å². The molecule has 0 aliphatic carbocycles. The quantitative estimate of drug-likeness (QED) is 0.198. The molecule has 2 fully saturated rings. The lowest BCUT2D eigenvalue weighted by atomic mass is 10.3. The highest BCUT2D eigenvalue weighted by atomic mass is 32.2. The van der Waals surface area contributed by atoms with Crippen molar-refractivity contribution in [2.75, 3.05) is 55.7 Å². The molecule has 1 aromatic heterocycles. The summed E-state index contributed by atoms with van der Waals surface area (Å²) in [6, 6.07) is 0. The van der Waals surface area contributed by atoms with E-state index in [1.807, 2.05) is 11.8 Å². The van der Waals surface area contributed by atoms with Crippen molar-refractivity contribution in [2.45, 2.75) is 6.92 Å². The largest absolute Gasteiger partial charge is 0.625 e. The summed E-state index contributed by atoms with van der Waals surface area (Å²) in [4.78, 5) is 19.8. The second-order valence-corrected chi connectivity index (χ2v) is 7.53. The molecule has 2 aliphatic rings. The Hall–Kier alpha value is -1.53. The monoisotopic (exact) mass is 400 g/mol. The Morgan fingerprint density at radius 2 is 1.96 bits per heavy atom. The number of thioether (sulfide) groups is 1. The molecule has 144 valence electrons. The Morgan fingerprint density at radius 3 is 2.50 bits per heavy atom. The molecule has 2 saturated heterocycles. The molecule has 0 unspecified atom stereocenters. The van der Waals surface area contributed by atoms with E-state index >= 15 is 0 Å². The average Bonchev–Trinajstić information content (AvgIpc) is 2.63. The normalized spacial score (nSPS) is 19.2. The molecule has 2 aliphatic heterocycles. The molecule has 9 nitrogen and oxygen atoms in total. The number of nitrogens with zero attached hydrogens (tertiary/aromatic N) is 4. The van der Waals surface area contributed by atoms with Gasteiger partial charge >= 0.3 is 11.6 Å². The van der Waals surface area contributed by atoms with E-state index in [4.69, 9.17) is 12.2 Å². The van der Waals surface area contributed by atoms with Crippen LogP contribution in [0.1, 0.15) is 6.92 Å². The number of hydroxylamine groups is 2. The number of allylic oxidation sites excluding steroid dienone is 1. The number of hydrogen-bond donors (Lipinski definition) is 2. The molecule has 11 heteroatoms. The van der Waals surface area contributed by atoms with Crippen LogP contribution in [0.3, 0.4) is 0 Å². The molecule has 3 rings (SSSR count). The number of rotatable bonds is 3. The van der Waals surface area contributed by atoms with Crippen molar-refractivity contribution in [2.24, 2.45) is 0 Å². The number of nitro groups is 1. The number of quaternary nitrogens is 1. The number of piperazine rings is 1. The molecule has 0 radical (unpaired) electrons. The Bertz CT molecular complexity index is 699. The van der Waals surface area contributed by atoms with Gasteiger partial charge in [-0.05, 0) is 6.92 Å². The average molecular weight is 401 g/mol. The van der Waals surface area contributed by atoms with Gasteiger partial charge in [0.2, 0.25) is 4.64 Å². The minimum Gasteiger partial charge on any atom is -0.625 e. The number of H-pyrrole nitrogens is 1. The van der Waals surface area contributed by atoms with Gasteiger partial charge in [-0.25, -0.2) is 0 Å². The molecule has 1 aromatic rings. The molecule has 0 atom stereocenters. The van der Waals surface area contributed by atoms with E-state index < -0.39 is 9.57 Å². The molecule has 0 aromatic carbocycles. The van der Waals surface area contributed by atoms with Gasteiger partial charge in [0.05, 0.1) is 18.0 Å². The van der Waals surface area contributed by atoms with Crippen molar-refractivity contribution in [1.82, 2.24) is 19.9 Å². The first-order chi connectivity index (χ1) is 12.4. The van der Waals surface area contributed by atoms with Crippen molar-refractivity contribution in [1.29, 1.82) is 0 Å². The van der Waals surface area contributed by atoms with Crippen LogP contribution in [0.4, 0.5) is 17.5 Å². The van der Waals surface area contributed by atoms with E-state index in [0.29, 0.717) is 45.1 Å². The van der Waals surface area contributed by atoms with Gasteiger partial charge in [0.1, 0.15) is 0 Å². The summed E-state index contributed by atoms with van der Waals surface area (Å²) in [5.41, 5.74) is -0.211. The Labute approximate surface area is 161 Å². The zero-order chi connectivity index (χ0) is 19.2. The van der Waals surface area contributed by atoms with Crippen LogP contribution in [0.2, 0.25) is 0 Å². The maximum Gasteiger partial charge on any atom is 0.346 e. The standard InChI is InChI=1S/C12H18N6O3S2.C3H6/c19-17(20)9-10(16-3-7-23-8-4-16)14-12(15-11(9)22)18(21)5-1-13-2-6-18;1-3-2/h13H,1-8H2,(H,14,15,22);3H,1H2,2H3. The molecular formula is C15H24N6O3S2. The van der Waals surface area contributed by atoms with Gasteiger partial charge in [-0.2, -0.15) is 16.7 Å². The summed E-state index contributed by atoms with van der Waals surface area (Å²) in [7, 11) is 0. The first-order valence-corrected chi connectivity index (χ1v) is 9.97. The van der Waals surface area contributed by atoms with E-state index in [1.54, 1.807) is 17.8 Å². The Morgan fingerprint density at radius 1 is 1.38 bits per heavy atom. The first-order valence-electron chi connectivity index (χ1n) is 8.40. The van der Waals surface area contributed by atoms with Crippen LogP contribution < -0.4 is 14.9 Å². The molecule has 0 bridgehead atoms. The van der Waals surface area contributed by atoms with Gasteiger partial charge < -0.3 is 15.4 Å². The molecule has 3 heterocycles. The zero-order valence-corrected chi connectivity index (χ0v) is 16.4. The summed E-state index contributed by atoms with van der Waals surface area (Å²) in [5, 5.41) is 27.5. The lowest BCUT2D eigenvalue weighted by Gasteiger charge is -2.43. The first kappa shape index (κ1) is 20.8. The van der Waals surface area contributed by atoms with Crippen molar-refractivity contribution in [3.05, 3.63) is 32.6 Å². The van der Waals surface area contributed by atoms with E-state index in [0.717, 1.165) is 11.5 Å². The van der Waals surface area contributed by atoms with E-state index in [1.165, 1.54) is 0 Å². The molecule has 0 saturated carbocycles. The predicted octanol–water partition coefficient (Wildman–Crippen LogP) is 2.20. The van der Waals surface area contributed by atoms with Gasteiger partial charge in [0.15, 0.2) is 5.82 Å². The molecule has 26 heavy (non-hydrogen) atoms. The van der Waals surface area contributed by atoms with E-state index in [9.17, 15) is 15.3 Å². The van der Waals surface area contributed by atoms with Crippen molar-refractivity contribution >= 4 is 41.4 Å². The van der Waals surface area contributed by atoms with Crippen LogP contribution in [-0.4, -0.2) is 65.7 Å². The van der Waals surface area contributed by atoms with Crippen LogP contribution in [0.5, 0.6) is 0 Å². The maximum absolute atomic E-state index is 13.0. The highest BCUT2D eigenvalue weighted by Crippen LogP contribution is 2.32. The zero-order valence-electron chi connectivity index (χ0n) is 14.8. The highest BCUT2D eigenvalue weighted by Gasteiger charge is 2.32. The van der Waals surface area contributed by atoms with Crippen molar-refractivity contribution in [3.63, 3.8) is 0 Å². The topological polar surface area (TPSA) is 110 Å². The molecule has 2 N–H and O–H groups in total. The van der Waals surface area contributed by atoms with E-state index in [2.05, 4.69) is 21.9 Å². The molecule has 0 amide bonds. The number of anilines is 1. The fourth-order valence-electron chi connectivity index (χ4n) is 2.78. The number of hydrogen-bond acceptors (Lipinski definition) is 8. The molecular weight excluding hydrogens is 376 g/mol. The SMILES string of the molecule is C=CC.O=[N+]([O-])c1c(N2CCSCC2)[nH]c([N+]2([O-])CCNCC2)nc1=S. The van der Waals surface area contributed by atoms with Gasteiger partial charge in [0.25, 0.3) is 0 Å². The fraction of sp³-hybridized carbons (Fsp3) is 0.600. The number of aromatic amines is 1. The molecule has 0 spiro atoms. The van der Waals surface area contributed by atoms with Crippen LogP contribution in [0.25, 0.3) is 0 Å². The predicted molar refractivity (Wildman–Crippen MR) is 109 cm³/mol. The number of nitrogens with one attached hydrogen (secondary N) is 2. The Kier molecular flexibility index (Phi) is 7.53. The van der Waals surface area contributed by atoms with Gasteiger partial charge in [-0.3, -0.25) is 19.7 Å². The third kappa shape index (κ3) is 4.80. The summed E-state index contributed by atoms with van der Waals surface area (Å²) >= 11 is 6.92. The third-order valence-electron chi connectivity index (χ3n) is 4.06. The fourth-order valence-corrected chi connectivity index (χ4v) is 3.95. The third-order valence-corrected chi connectivity index (χ3v) is 5.29. The second kappa shape index (κ2) is 9.42. The number of aromatic nitrogens is 2. The smallest absolute Gasteiger partial charge is 0.346 e. The maximum atomic E-state index is 13.0. The Balaban J connectivity index is 0.000000758. The minimum absolute atomic E-state index is 0.121. The van der Waals surface area contributed by atoms with Crippen LogP contribution in [0, 0.1) is 20.0 Å². The van der Waals surface area contributed by atoms with Gasteiger partial charge in [-0.15, -0.1) is 6.58 Å². The lowest BCUT2D eigenvalue weighted by Crippen LogP contribution is -2.56. The van der Waals surface area contributed by atoms with Crippen LogP contribution in [-0.2, 0) is 0 Å². The summed E-state index contributed by atoms with van der Waals surface area (Å²) < 4.78 is -0.756. The lowest BCUT2D eigenvalue weighted by molar-refractivity contribution is -0.385.